The molecule has 0 fully saturated rings. The van der Waals surface area contributed by atoms with Crippen LogP contribution in [-0.2, 0) is 6.42 Å². The van der Waals surface area contributed by atoms with Crippen LogP contribution in [0, 0.1) is 5.82 Å². The second-order valence-electron chi connectivity index (χ2n) is 5.00. The van der Waals surface area contributed by atoms with Gasteiger partial charge >= 0.3 is 0 Å². The van der Waals surface area contributed by atoms with Crippen molar-refractivity contribution in [3.63, 3.8) is 0 Å². The molecular weight excluding hydrogens is 301 g/mol. The first-order valence-corrected chi connectivity index (χ1v) is 7.01. The predicted octanol–water partition coefficient (Wildman–Crippen LogP) is 1.77. The minimum absolute atomic E-state index is 0.0410. The number of carbonyl (C=O) groups is 2. The zero-order valence-corrected chi connectivity index (χ0v) is 12.4. The van der Waals surface area contributed by atoms with Crippen molar-refractivity contribution in [2.45, 2.75) is 6.42 Å². The number of nitrogens with one attached hydrogen (secondary N) is 2. The molecule has 2 heterocycles. The average Bonchev–Trinajstić information content (AvgIpc) is 2.58. The van der Waals surface area contributed by atoms with Crippen LogP contribution in [-0.4, -0.2) is 30.5 Å². The van der Waals surface area contributed by atoms with Crippen molar-refractivity contribution in [3.05, 3.63) is 53.0 Å². The fourth-order valence-electron chi connectivity index (χ4n) is 2.40. The molecule has 0 bridgehead atoms. The SMILES string of the molecule is COc1ccc(C(=O)Nc2ccc3c(c2F)CCNC3=O)cn1. The van der Waals surface area contributed by atoms with Gasteiger partial charge in [0.2, 0.25) is 5.88 Å². The lowest BCUT2D eigenvalue weighted by Crippen LogP contribution is -2.32. The number of rotatable bonds is 3. The molecule has 1 aliphatic heterocycles. The number of amides is 2. The van der Waals surface area contributed by atoms with Crippen LogP contribution in [0.1, 0.15) is 26.3 Å². The summed E-state index contributed by atoms with van der Waals surface area (Å²) < 4.78 is 19.4. The summed E-state index contributed by atoms with van der Waals surface area (Å²) in [5.41, 5.74) is 0.942. The molecule has 0 unspecified atom stereocenters. The maximum absolute atomic E-state index is 14.5. The monoisotopic (exact) mass is 315 g/mol. The van der Waals surface area contributed by atoms with Gasteiger partial charge in [-0.05, 0) is 24.6 Å². The summed E-state index contributed by atoms with van der Waals surface area (Å²) in [6, 6.07) is 5.97. The summed E-state index contributed by atoms with van der Waals surface area (Å²) in [6.45, 7) is 0.378. The molecule has 1 aromatic carbocycles. The molecule has 0 spiro atoms. The van der Waals surface area contributed by atoms with Gasteiger partial charge in [-0.3, -0.25) is 9.59 Å². The minimum Gasteiger partial charge on any atom is -0.481 e. The Kier molecular flexibility index (Phi) is 3.92. The van der Waals surface area contributed by atoms with Crippen molar-refractivity contribution in [1.82, 2.24) is 10.3 Å². The lowest BCUT2D eigenvalue weighted by atomic mass is 9.99. The van der Waals surface area contributed by atoms with Gasteiger partial charge in [0.25, 0.3) is 11.8 Å². The Balaban J connectivity index is 1.85. The van der Waals surface area contributed by atoms with E-state index in [2.05, 4.69) is 15.6 Å². The molecule has 1 aromatic heterocycles. The van der Waals surface area contributed by atoms with E-state index in [-0.39, 0.29) is 17.2 Å². The van der Waals surface area contributed by atoms with E-state index in [1.807, 2.05) is 0 Å². The van der Waals surface area contributed by atoms with Gasteiger partial charge in [0.05, 0.1) is 18.4 Å². The third-order valence-corrected chi connectivity index (χ3v) is 3.60. The number of ether oxygens (including phenoxy) is 1. The molecule has 2 aromatic rings. The van der Waals surface area contributed by atoms with Crippen LogP contribution in [0.15, 0.2) is 30.5 Å². The van der Waals surface area contributed by atoms with Gasteiger partial charge in [0.15, 0.2) is 5.82 Å². The van der Waals surface area contributed by atoms with Crippen molar-refractivity contribution < 1.29 is 18.7 Å². The number of hydrogen-bond donors (Lipinski definition) is 2. The maximum Gasteiger partial charge on any atom is 0.257 e. The quantitative estimate of drug-likeness (QED) is 0.904. The van der Waals surface area contributed by atoms with E-state index in [4.69, 9.17) is 4.74 Å². The Hall–Kier alpha value is -2.96. The van der Waals surface area contributed by atoms with E-state index in [1.54, 1.807) is 6.07 Å². The molecule has 2 amide bonds. The molecular formula is C16H14FN3O3. The topological polar surface area (TPSA) is 80.3 Å². The average molecular weight is 315 g/mol. The van der Waals surface area contributed by atoms with Crippen LogP contribution < -0.4 is 15.4 Å². The fraction of sp³-hybridized carbons (Fsp3) is 0.188. The Labute approximate surface area is 131 Å². The second-order valence-corrected chi connectivity index (χ2v) is 5.00. The summed E-state index contributed by atoms with van der Waals surface area (Å²) in [6.07, 6.45) is 1.73. The van der Waals surface area contributed by atoms with Gasteiger partial charge in [-0.15, -0.1) is 0 Å². The highest BCUT2D eigenvalue weighted by Gasteiger charge is 2.22. The third kappa shape index (κ3) is 2.85. The zero-order chi connectivity index (χ0) is 16.4. The van der Waals surface area contributed by atoms with Crippen LogP contribution in [0.3, 0.4) is 0 Å². The molecule has 6 nitrogen and oxygen atoms in total. The highest BCUT2D eigenvalue weighted by Crippen LogP contribution is 2.25. The lowest BCUT2D eigenvalue weighted by molar-refractivity contribution is 0.0944. The van der Waals surface area contributed by atoms with E-state index in [9.17, 15) is 14.0 Å². The molecule has 3 rings (SSSR count). The standard InChI is InChI=1S/C16H14FN3O3/c1-23-13-5-2-9(8-19-13)15(21)20-12-4-3-11-10(14(12)17)6-7-18-16(11)22/h2-5,8H,6-7H2,1H3,(H,18,22)(H,20,21). The molecule has 0 radical (unpaired) electrons. The van der Waals surface area contributed by atoms with Crippen LogP contribution >= 0.6 is 0 Å². The Bertz CT molecular complexity index is 775. The number of methoxy groups -OCH3 is 1. The Morgan fingerprint density at radius 2 is 2.17 bits per heavy atom. The number of halogens is 1. The first-order valence-electron chi connectivity index (χ1n) is 7.01. The number of aromatic nitrogens is 1. The van der Waals surface area contributed by atoms with Gasteiger partial charge in [-0.2, -0.15) is 0 Å². The van der Waals surface area contributed by atoms with E-state index in [1.165, 1.54) is 31.5 Å². The number of hydrogen-bond acceptors (Lipinski definition) is 4. The number of nitrogens with zero attached hydrogens (tertiary/aromatic N) is 1. The molecule has 0 saturated carbocycles. The lowest BCUT2D eigenvalue weighted by Gasteiger charge is -2.18. The predicted molar refractivity (Wildman–Crippen MR) is 81.2 cm³/mol. The number of benzene rings is 1. The van der Waals surface area contributed by atoms with Gasteiger partial charge < -0.3 is 15.4 Å². The van der Waals surface area contributed by atoms with E-state index < -0.39 is 11.7 Å². The minimum atomic E-state index is -0.577. The third-order valence-electron chi connectivity index (χ3n) is 3.60. The summed E-state index contributed by atoms with van der Waals surface area (Å²) in [4.78, 5) is 27.8. The smallest absolute Gasteiger partial charge is 0.257 e. The fourth-order valence-corrected chi connectivity index (χ4v) is 2.40. The molecule has 7 heteroatoms. The number of carbonyl (C=O) groups excluding carboxylic acids is 2. The normalized spacial score (nSPS) is 13.0. The van der Waals surface area contributed by atoms with Gasteiger partial charge in [-0.1, -0.05) is 0 Å². The van der Waals surface area contributed by atoms with E-state index >= 15 is 0 Å². The maximum atomic E-state index is 14.5. The van der Waals surface area contributed by atoms with Crippen molar-refractivity contribution in [2.75, 3.05) is 19.0 Å². The highest BCUT2D eigenvalue weighted by atomic mass is 19.1. The van der Waals surface area contributed by atoms with Crippen molar-refractivity contribution >= 4 is 17.5 Å². The first kappa shape index (κ1) is 15.0. The van der Waals surface area contributed by atoms with Gasteiger partial charge in [0.1, 0.15) is 0 Å². The van der Waals surface area contributed by atoms with Crippen molar-refractivity contribution in [3.8, 4) is 5.88 Å². The van der Waals surface area contributed by atoms with Crippen LogP contribution in [0.2, 0.25) is 0 Å². The second kappa shape index (κ2) is 6.04. The van der Waals surface area contributed by atoms with E-state index in [0.29, 0.717) is 30.0 Å². The molecule has 0 saturated heterocycles. The Morgan fingerprint density at radius 1 is 1.35 bits per heavy atom. The molecule has 0 atom stereocenters. The number of anilines is 1. The van der Waals surface area contributed by atoms with Crippen LogP contribution in [0.4, 0.5) is 10.1 Å². The molecule has 23 heavy (non-hydrogen) atoms. The van der Waals surface area contributed by atoms with Crippen LogP contribution in [0.25, 0.3) is 0 Å². The summed E-state index contributed by atoms with van der Waals surface area (Å²) in [7, 11) is 1.47. The summed E-state index contributed by atoms with van der Waals surface area (Å²) in [5, 5.41) is 5.15. The molecule has 2 N–H and O–H groups in total. The molecule has 0 aliphatic carbocycles. The molecule has 118 valence electrons. The highest BCUT2D eigenvalue weighted by molar-refractivity contribution is 6.05. The largest absolute Gasteiger partial charge is 0.481 e. The zero-order valence-electron chi connectivity index (χ0n) is 12.4. The van der Waals surface area contributed by atoms with Crippen molar-refractivity contribution in [1.29, 1.82) is 0 Å². The number of pyridine rings is 1. The summed E-state index contributed by atoms with van der Waals surface area (Å²) in [5.74, 6) is -0.985. The van der Waals surface area contributed by atoms with Gasteiger partial charge in [-0.25, -0.2) is 9.37 Å². The van der Waals surface area contributed by atoms with Crippen LogP contribution in [0.5, 0.6) is 5.88 Å². The van der Waals surface area contributed by atoms with E-state index in [0.717, 1.165) is 0 Å². The number of fused-ring (bicyclic) bond motifs is 1. The van der Waals surface area contributed by atoms with Gasteiger partial charge in [0, 0.05) is 29.9 Å². The molecule has 1 aliphatic rings. The first-order chi connectivity index (χ1) is 11.1. The summed E-state index contributed by atoms with van der Waals surface area (Å²) >= 11 is 0. The Morgan fingerprint density at radius 3 is 2.87 bits per heavy atom. The van der Waals surface area contributed by atoms with Crippen molar-refractivity contribution in [2.24, 2.45) is 0 Å².